The molecule has 0 aliphatic rings. The van der Waals surface area contributed by atoms with Gasteiger partial charge in [0.25, 0.3) is 0 Å². The fourth-order valence-electron chi connectivity index (χ4n) is 1.80. The molecule has 0 bridgehead atoms. The van der Waals surface area contributed by atoms with Crippen molar-refractivity contribution in [1.82, 2.24) is 0 Å². The Bertz CT molecular complexity index is 614. The van der Waals surface area contributed by atoms with Crippen LogP contribution < -0.4 is 5.43 Å². The van der Waals surface area contributed by atoms with E-state index in [1.54, 1.807) is 12.3 Å². The minimum atomic E-state index is -0.271. The van der Waals surface area contributed by atoms with Crippen molar-refractivity contribution < 1.29 is 9.13 Å². The molecular formula is C18H21FN2O. The molecule has 1 N–H and O–H groups in total. The number of nitrogens with zero attached hydrogens (tertiary/aromatic N) is 1. The number of hydrogen-bond acceptors (Lipinski definition) is 3. The summed E-state index contributed by atoms with van der Waals surface area (Å²) in [4.78, 5) is 0. The lowest BCUT2D eigenvalue weighted by Crippen LogP contribution is -2.07. The molecule has 0 fully saturated rings. The maximum Gasteiger partial charge on any atom is 0.129 e. The second kappa shape index (κ2) is 8.29. The van der Waals surface area contributed by atoms with Crippen LogP contribution in [0.15, 0.2) is 53.6 Å². The van der Waals surface area contributed by atoms with E-state index in [1.165, 1.54) is 6.07 Å². The summed E-state index contributed by atoms with van der Waals surface area (Å²) in [7, 11) is 0. The van der Waals surface area contributed by atoms with Crippen molar-refractivity contribution in [2.45, 2.75) is 33.0 Å². The first kappa shape index (κ1) is 16.2. The molecule has 0 amide bonds. The van der Waals surface area contributed by atoms with Gasteiger partial charge in [0, 0.05) is 5.56 Å². The predicted molar refractivity (Wildman–Crippen MR) is 88.6 cm³/mol. The molecule has 22 heavy (non-hydrogen) atoms. The molecule has 1 atom stereocenters. The molecule has 0 heterocycles. The quantitative estimate of drug-likeness (QED) is 0.599. The van der Waals surface area contributed by atoms with Gasteiger partial charge in [-0.25, -0.2) is 4.39 Å². The highest BCUT2D eigenvalue weighted by molar-refractivity contribution is 5.80. The van der Waals surface area contributed by atoms with Crippen LogP contribution in [0.1, 0.15) is 31.4 Å². The molecule has 1 unspecified atom stereocenters. The lowest BCUT2D eigenvalue weighted by molar-refractivity contribution is 0.0492. The van der Waals surface area contributed by atoms with E-state index in [4.69, 9.17) is 4.74 Å². The normalized spacial score (nSPS) is 12.5. The molecule has 0 aliphatic heterocycles. The van der Waals surface area contributed by atoms with E-state index in [1.807, 2.05) is 50.2 Å². The van der Waals surface area contributed by atoms with Gasteiger partial charge < -0.3 is 4.74 Å². The SMILES string of the molecule is CCC(C)OCc1ccc(C=NNc2ccccc2)cc1F. The molecule has 0 radical (unpaired) electrons. The van der Waals surface area contributed by atoms with E-state index in [2.05, 4.69) is 10.5 Å². The third-order valence-electron chi connectivity index (χ3n) is 3.36. The number of halogens is 1. The van der Waals surface area contributed by atoms with Crippen LogP contribution in [-0.4, -0.2) is 12.3 Å². The Kier molecular flexibility index (Phi) is 6.10. The Morgan fingerprint density at radius 1 is 1.23 bits per heavy atom. The molecule has 0 aromatic heterocycles. The Labute approximate surface area is 130 Å². The summed E-state index contributed by atoms with van der Waals surface area (Å²) < 4.78 is 19.5. The van der Waals surface area contributed by atoms with Gasteiger partial charge in [0.1, 0.15) is 5.82 Å². The zero-order valence-corrected chi connectivity index (χ0v) is 12.9. The largest absolute Gasteiger partial charge is 0.374 e. The van der Waals surface area contributed by atoms with Gasteiger partial charge in [-0.3, -0.25) is 5.43 Å². The van der Waals surface area contributed by atoms with Crippen molar-refractivity contribution >= 4 is 11.9 Å². The number of anilines is 1. The number of rotatable bonds is 7. The summed E-state index contributed by atoms with van der Waals surface area (Å²) in [5.74, 6) is -0.271. The fourth-order valence-corrected chi connectivity index (χ4v) is 1.80. The molecule has 116 valence electrons. The highest BCUT2D eigenvalue weighted by Gasteiger charge is 2.05. The first-order valence-corrected chi connectivity index (χ1v) is 7.43. The maximum absolute atomic E-state index is 14.0. The monoisotopic (exact) mass is 300 g/mol. The van der Waals surface area contributed by atoms with E-state index in [0.29, 0.717) is 17.7 Å². The Morgan fingerprint density at radius 2 is 2.00 bits per heavy atom. The van der Waals surface area contributed by atoms with Crippen LogP contribution in [-0.2, 0) is 11.3 Å². The molecule has 0 saturated carbocycles. The molecule has 2 aromatic carbocycles. The van der Waals surface area contributed by atoms with Crippen molar-refractivity contribution in [3.63, 3.8) is 0 Å². The molecule has 2 aromatic rings. The number of ether oxygens (including phenoxy) is 1. The lowest BCUT2D eigenvalue weighted by atomic mass is 10.1. The number of hydrogen-bond donors (Lipinski definition) is 1. The van der Waals surface area contributed by atoms with Crippen LogP contribution in [0.2, 0.25) is 0 Å². The number of hydrazone groups is 1. The molecule has 0 aliphatic carbocycles. The van der Waals surface area contributed by atoms with E-state index >= 15 is 0 Å². The van der Waals surface area contributed by atoms with Crippen molar-refractivity contribution in [1.29, 1.82) is 0 Å². The van der Waals surface area contributed by atoms with E-state index < -0.39 is 0 Å². The molecule has 4 heteroatoms. The Balaban J connectivity index is 1.94. The Morgan fingerprint density at radius 3 is 2.68 bits per heavy atom. The van der Waals surface area contributed by atoms with Gasteiger partial charge in [-0.05, 0) is 37.1 Å². The van der Waals surface area contributed by atoms with E-state index in [9.17, 15) is 4.39 Å². The smallest absolute Gasteiger partial charge is 0.129 e. The van der Waals surface area contributed by atoms with Gasteiger partial charge in [0.15, 0.2) is 0 Å². The van der Waals surface area contributed by atoms with Crippen LogP contribution in [0.25, 0.3) is 0 Å². The van der Waals surface area contributed by atoms with Gasteiger partial charge in [-0.2, -0.15) is 5.10 Å². The zero-order chi connectivity index (χ0) is 15.8. The Hall–Kier alpha value is -2.20. The van der Waals surface area contributed by atoms with Gasteiger partial charge in [-0.15, -0.1) is 0 Å². The minimum Gasteiger partial charge on any atom is -0.374 e. The van der Waals surface area contributed by atoms with Crippen LogP contribution in [0, 0.1) is 5.82 Å². The van der Waals surface area contributed by atoms with Gasteiger partial charge in [-0.1, -0.05) is 37.3 Å². The predicted octanol–water partition coefficient (Wildman–Crippen LogP) is 4.59. The van der Waals surface area contributed by atoms with Crippen molar-refractivity contribution in [3.05, 3.63) is 65.5 Å². The van der Waals surface area contributed by atoms with Crippen LogP contribution in [0.3, 0.4) is 0 Å². The first-order chi connectivity index (χ1) is 10.7. The minimum absolute atomic E-state index is 0.135. The maximum atomic E-state index is 14.0. The van der Waals surface area contributed by atoms with Gasteiger partial charge >= 0.3 is 0 Å². The summed E-state index contributed by atoms with van der Waals surface area (Å²) in [5, 5.41) is 4.10. The van der Waals surface area contributed by atoms with E-state index in [0.717, 1.165) is 12.1 Å². The lowest BCUT2D eigenvalue weighted by Gasteiger charge is -2.11. The summed E-state index contributed by atoms with van der Waals surface area (Å²) in [6.45, 7) is 4.31. The number of para-hydroxylation sites is 1. The molecule has 2 rings (SSSR count). The summed E-state index contributed by atoms with van der Waals surface area (Å²) in [5.41, 5.74) is 5.05. The van der Waals surface area contributed by atoms with Gasteiger partial charge in [0.2, 0.25) is 0 Å². The molecule has 0 spiro atoms. The molecule has 3 nitrogen and oxygen atoms in total. The summed E-state index contributed by atoms with van der Waals surface area (Å²) in [6, 6.07) is 14.6. The van der Waals surface area contributed by atoms with Crippen LogP contribution >= 0.6 is 0 Å². The second-order valence-electron chi connectivity index (χ2n) is 5.12. The number of nitrogens with one attached hydrogen (secondary N) is 1. The fraction of sp³-hybridized carbons (Fsp3) is 0.278. The second-order valence-corrected chi connectivity index (χ2v) is 5.12. The third kappa shape index (κ3) is 4.97. The van der Waals surface area contributed by atoms with Crippen molar-refractivity contribution in [3.8, 4) is 0 Å². The average molecular weight is 300 g/mol. The third-order valence-corrected chi connectivity index (χ3v) is 3.36. The molecule has 0 saturated heterocycles. The van der Waals surface area contributed by atoms with Crippen molar-refractivity contribution in [2.75, 3.05) is 5.43 Å². The highest BCUT2D eigenvalue weighted by atomic mass is 19.1. The van der Waals surface area contributed by atoms with Crippen molar-refractivity contribution in [2.24, 2.45) is 5.10 Å². The highest BCUT2D eigenvalue weighted by Crippen LogP contribution is 2.12. The summed E-state index contributed by atoms with van der Waals surface area (Å²) >= 11 is 0. The average Bonchev–Trinajstić information content (AvgIpc) is 2.54. The van der Waals surface area contributed by atoms with Crippen LogP contribution in [0.4, 0.5) is 10.1 Å². The van der Waals surface area contributed by atoms with Crippen LogP contribution in [0.5, 0.6) is 0 Å². The first-order valence-electron chi connectivity index (χ1n) is 7.43. The van der Waals surface area contributed by atoms with Gasteiger partial charge in [0.05, 0.1) is 24.6 Å². The summed E-state index contributed by atoms with van der Waals surface area (Å²) in [6.07, 6.45) is 2.64. The topological polar surface area (TPSA) is 33.6 Å². The molecular weight excluding hydrogens is 279 g/mol. The standard InChI is InChI=1S/C18H21FN2O/c1-3-14(2)22-13-16-10-9-15(11-18(16)19)12-20-21-17-7-5-4-6-8-17/h4-12,14,21H,3,13H2,1-2H3. The zero-order valence-electron chi connectivity index (χ0n) is 12.9. The number of benzene rings is 2. The van der Waals surface area contributed by atoms with E-state index in [-0.39, 0.29) is 11.9 Å².